The molecule has 3 N–H and O–H groups in total. The van der Waals surface area contributed by atoms with Crippen LogP contribution in [0.4, 0.5) is 0 Å². The van der Waals surface area contributed by atoms with Gasteiger partial charge in [0.1, 0.15) is 23.1 Å². The van der Waals surface area contributed by atoms with E-state index >= 15 is 0 Å². The highest BCUT2D eigenvalue weighted by molar-refractivity contribution is 8.32. The number of carbonyl (C=O) groups excluding carboxylic acids is 1. The van der Waals surface area contributed by atoms with E-state index in [-0.39, 0.29) is 34.1 Å². The van der Waals surface area contributed by atoms with E-state index in [4.69, 9.17) is 21.8 Å². The molecule has 0 bridgehead atoms. The molecule has 0 fully saturated rings. The molecule has 43 heavy (non-hydrogen) atoms. The minimum absolute atomic E-state index is 0.0318. The van der Waals surface area contributed by atoms with Gasteiger partial charge in [-0.1, -0.05) is 93.7 Å². The van der Waals surface area contributed by atoms with Crippen LogP contribution in [0.15, 0.2) is 34.3 Å². The Labute approximate surface area is 267 Å². The zero-order valence-corrected chi connectivity index (χ0v) is 27.5. The van der Waals surface area contributed by atoms with E-state index < -0.39 is 11.5 Å². The topological polar surface area (TPSA) is 132 Å². The summed E-state index contributed by atoms with van der Waals surface area (Å²) >= 11 is 5.20. The predicted molar refractivity (Wildman–Crippen MR) is 174 cm³/mol. The second kappa shape index (κ2) is 14.6. The van der Waals surface area contributed by atoms with Gasteiger partial charge < -0.3 is 20.3 Å². The van der Waals surface area contributed by atoms with Crippen LogP contribution in [0, 0.1) is 17.9 Å². The summed E-state index contributed by atoms with van der Waals surface area (Å²) in [5, 5.41) is 21.1. The monoisotopic (exact) mass is 656 g/mol. The Balaban J connectivity index is 2.01. The number of nitrogens with two attached hydrogens (primary N) is 1. The number of ether oxygens (including phenoxy) is 2. The van der Waals surface area contributed by atoms with Gasteiger partial charge in [0, 0.05) is 11.8 Å². The first-order valence-corrected chi connectivity index (χ1v) is 17.2. The average Bonchev–Trinajstić information content (AvgIpc) is 3.60. The Bertz CT molecular complexity index is 1700. The minimum atomic E-state index is -0.797. The standard InChI is InChI=1S/C30H32N4O5S4/c1-6-9-12-34-27(36)17(15-31)16(4)18(28(34)37)29-40-22-20(38-13-10-7-2)24-25(21(23(22)41-29)39-14-11-8-3)43-30(42-24)19(33-5)26(32)35/h36H,4,6-14H2,1-3H3,(H2,32,35). The van der Waals surface area contributed by atoms with Crippen molar-refractivity contribution in [2.24, 2.45) is 5.73 Å². The number of nitriles is 1. The molecule has 1 aromatic heterocycles. The Morgan fingerprint density at radius 3 is 1.95 bits per heavy atom. The number of hydrogen-bond acceptors (Lipinski definition) is 10. The van der Waals surface area contributed by atoms with Gasteiger partial charge in [-0.15, -0.1) is 0 Å². The maximum absolute atomic E-state index is 13.8. The highest BCUT2D eigenvalue weighted by atomic mass is 32.2. The van der Waals surface area contributed by atoms with Crippen LogP contribution in [0.1, 0.15) is 64.9 Å². The van der Waals surface area contributed by atoms with Crippen molar-refractivity contribution in [3.05, 3.63) is 47.7 Å². The maximum atomic E-state index is 13.8. The molecular weight excluding hydrogens is 625 g/mol. The third-order valence-electron chi connectivity index (χ3n) is 6.64. The lowest BCUT2D eigenvalue weighted by Crippen LogP contribution is -2.46. The number of hydrogen-bond donors (Lipinski definition) is 2. The molecule has 4 rings (SSSR count). The number of fused-ring (bicyclic) bond motifs is 2. The van der Waals surface area contributed by atoms with Crippen LogP contribution in [-0.4, -0.2) is 28.8 Å². The number of benzene rings is 1. The van der Waals surface area contributed by atoms with Crippen LogP contribution in [0.3, 0.4) is 0 Å². The molecule has 0 atom stereocenters. The van der Waals surface area contributed by atoms with E-state index in [1.807, 2.05) is 13.0 Å². The van der Waals surface area contributed by atoms with Crippen molar-refractivity contribution >= 4 is 63.8 Å². The molecule has 1 amide bonds. The fourth-order valence-electron chi connectivity index (χ4n) is 4.31. The zero-order chi connectivity index (χ0) is 31.3. The summed E-state index contributed by atoms with van der Waals surface area (Å²) < 4.78 is 15.1. The van der Waals surface area contributed by atoms with E-state index in [0.717, 1.165) is 51.7 Å². The first-order chi connectivity index (χ1) is 20.7. The van der Waals surface area contributed by atoms with Crippen molar-refractivity contribution in [1.82, 2.24) is 4.57 Å². The fraction of sp³-hybridized carbons (Fsp3) is 0.400. The number of nitrogens with zero attached hydrogens (tertiary/aromatic N) is 3. The van der Waals surface area contributed by atoms with Crippen molar-refractivity contribution in [2.45, 2.75) is 85.4 Å². The zero-order valence-electron chi connectivity index (χ0n) is 24.2. The summed E-state index contributed by atoms with van der Waals surface area (Å²) in [6, 6.07) is 2.02. The summed E-state index contributed by atoms with van der Waals surface area (Å²) in [4.78, 5) is 32.2. The molecule has 2 aromatic rings. The van der Waals surface area contributed by atoms with Crippen LogP contribution >= 0.6 is 47.0 Å². The fourth-order valence-corrected chi connectivity index (χ4v) is 9.88. The maximum Gasteiger partial charge on any atom is 0.269 e. The molecule has 13 heteroatoms. The molecular formula is C30H32N4O5S4. The second-order valence-corrected chi connectivity index (χ2v) is 14.3. The third kappa shape index (κ3) is 6.41. The van der Waals surface area contributed by atoms with E-state index in [1.54, 1.807) is 0 Å². The van der Waals surface area contributed by atoms with Crippen molar-refractivity contribution < 1.29 is 19.4 Å². The van der Waals surface area contributed by atoms with E-state index in [9.17, 15) is 20.0 Å². The molecule has 0 unspecified atom stereocenters. The third-order valence-corrected chi connectivity index (χ3v) is 11.8. The number of pyridine rings is 1. The molecule has 2 aliphatic rings. The van der Waals surface area contributed by atoms with Gasteiger partial charge in [-0.05, 0) is 19.3 Å². The smallest absolute Gasteiger partial charge is 0.269 e. The predicted octanol–water partition coefficient (Wildman–Crippen LogP) is 5.73. The highest BCUT2D eigenvalue weighted by Crippen LogP contribution is 2.68. The summed E-state index contributed by atoms with van der Waals surface area (Å²) in [6.07, 6.45) is 4.94. The first-order valence-electron chi connectivity index (χ1n) is 13.9. The van der Waals surface area contributed by atoms with Gasteiger partial charge in [0.2, 0.25) is 11.8 Å². The van der Waals surface area contributed by atoms with Crippen LogP contribution < -0.4 is 31.2 Å². The van der Waals surface area contributed by atoms with Crippen molar-refractivity contribution in [3.8, 4) is 23.4 Å². The van der Waals surface area contributed by atoms with Gasteiger partial charge in [-0.25, -0.2) is 4.85 Å². The number of amides is 1. The molecule has 0 aliphatic carbocycles. The number of thioether (sulfide) groups is 4. The Morgan fingerprint density at radius 1 is 1.00 bits per heavy atom. The van der Waals surface area contributed by atoms with Crippen LogP contribution in [0.25, 0.3) is 15.7 Å². The molecule has 1 aromatic carbocycles. The van der Waals surface area contributed by atoms with Gasteiger partial charge in [0.05, 0.1) is 53.1 Å². The van der Waals surface area contributed by atoms with Gasteiger partial charge in [-0.3, -0.25) is 14.2 Å². The van der Waals surface area contributed by atoms with Gasteiger partial charge in [-0.2, -0.15) is 5.26 Å². The highest BCUT2D eigenvalue weighted by Gasteiger charge is 2.38. The largest absolute Gasteiger partial charge is 0.493 e. The summed E-state index contributed by atoms with van der Waals surface area (Å²) in [5.41, 5.74) is 4.95. The molecule has 0 saturated heterocycles. The molecule has 9 nitrogen and oxygen atoms in total. The molecule has 3 heterocycles. The molecule has 2 aliphatic heterocycles. The van der Waals surface area contributed by atoms with E-state index in [1.165, 1.54) is 51.6 Å². The minimum Gasteiger partial charge on any atom is -0.493 e. The Hall–Kier alpha value is -3.10. The average molecular weight is 657 g/mol. The number of primary amides is 1. The molecule has 0 radical (unpaired) electrons. The summed E-state index contributed by atoms with van der Waals surface area (Å²) in [7, 11) is 0. The quantitative estimate of drug-likeness (QED) is 0.166. The molecule has 0 saturated carbocycles. The van der Waals surface area contributed by atoms with Crippen molar-refractivity contribution in [3.63, 3.8) is 0 Å². The van der Waals surface area contributed by atoms with Crippen LogP contribution in [0.2, 0.25) is 0 Å². The van der Waals surface area contributed by atoms with Gasteiger partial charge in [0.25, 0.3) is 11.3 Å². The van der Waals surface area contributed by atoms with Gasteiger partial charge >= 0.3 is 0 Å². The number of aromatic nitrogens is 1. The number of carbonyl (C=O) groups is 1. The second-order valence-electron chi connectivity index (χ2n) is 9.66. The lowest BCUT2D eigenvalue weighted by molar-refractivity contribution is -0.114. The number of unbranched alkanes of at least 4 members (excludes halogenated alkanes) is 3. The Morgan fingerprint density at radius 2 is 1.51 bits per heavy atom. The summed E-state index contributed by atoms with van der Waals surface area (Å²) in [6.45, 7) is 18.9. The summed E-state index contributed by atoms with van der Waals surface area (Å²) in [5.74, 6) is 0.0105. The number of aromatic hydroxyl groups is 1. The van der Waals surface area contributed by atoms with Crippen LogP contribution in [-0.2, 0) is 11.3 Å². The first kappa shape index (κ1) is 32.8. The number of rotatable bonds is 12. The normalized spacial score (nSPS) is 13.3. The molecule has 226 valence electrons. The Kier molecular flexibility index (Phi) is 11.1. The lowest BCUT2D eigenvalue weighted by atomic mass is 10.2. The SMILES string of the molecule is [C-]#[N+]C(C(N)=O)=C1Sc2c(OCCCC)c3c(c(OCCCC)c2S1)SC(=c1c(=C)c(C#N)c(O)n(CCCC)c1=O)S3. The van der Waals surface area contributed by atoms with E-state index in [0.29, 0.717) is 39.6 Å². The van der Waals surface area contributed by atoms with Crippen LogP contribution in [0.5, 0.6) is 17.4 Å². The lowest BCUT2D eigenvalue weighted by Gasteiger charge is -2.18. The molecule has 0 spiro atoms. The van der Waals surface area contributed by atoms with Crippen molar-refractivity contribution in [1.29, 1.82) is 5.26 Å². The van der Waals surface area contributed by atoms with Gasteiger partial charge in [0.15, 0.2) is 0 Å². The van der Waals surface area contributed by atoms with Crippen molar-refractivity contribution in [2.75, 3.05) is 13.2 Å². The van der Waals surface area contributed by atoms with E-state index in [2.05, 4.69) is 25.3 Å².